The summed E-state index contributed by atoms with van der Waals surface area (Å²) in [6.07, 6.45) is 12.4. The number of hydrogen-bond acceptors (Lipinski definition) is 2. The van der Waals surface area contributed by atoms with Crippen molar-refractivity contribution in [1.29, 1.82) is 0 Å². The monoisotopic (exact) mass is 299 g/mol. The molecule has 0 spiro atoms. The van der Waals surface area contributed by atoms with Crippen molar-refractivity contribution in [2.45, 2.75) is 12.8 Å². The maximum Gasteiger partial charge on any atom is 0.234 e. The highest BCUT2D eigenvalue weighted by molar-refractivity contribution is 5.61. The van der Waals surface area contributed by atoms with E-state index >= 15 is 0 Å². The van der Waals surface area contributed by atoms with Gasteiger partial charge in [-0.2, -0.15) is 0 Å². The van der Waals surface area contributed by atoms with Gasteiger partial charge in [-0.25, -0.2) is 9.97 Å². The van der Waals surface area contributed by atoms with Crippen molar-refractivity contribution >= 4 is 0 Å². The van der Waals surface area contributed by atoms with E-state index in [1.54, 1.807) is 0 Å². The molecule has 3 nitrogen and oxygen atoms in total. The second-order valence-electron chi connectivity index (χ2n) is 5.73. The first-order valence-electron chi connectivity index (χ1n) is 7.74. The molecule has 0 radical (unpaired) electrons. The Morgan fingerprint density at radius 1 is 0.913 bits per heavy atom. The molecule has 3 aromatic rings. The normalized spacial score (nSPS) is 13.8. The first kappa shape index (κ1) is 13.7. The average molecular weight is 299 g/mol. The van der Waals surface area contributed by atoms with Crippen LogP contribution in [0.4, 0.5) is 0 Å². The lowest BCUT2D eigenvalue weighted by Gasteiger charge is -2.11. The zero-order chi connectivity index (χ0) is 15.6. The fraction of sp³-hybridized carbons (Fsp3) is 0.100. The standard InChI is InChI=1S/C20H17N3/c1-15-8-10-17(11-9-15)19-14-18(16-6-2-3-7-16)21-20(22-19)23-12-4-5-13-23/h2-14,16H,1H3. The Bertz CT molecular complexity index is 860. The Morgan fingerprint density at radius 2 is 1.61 bits per heavy atom. The van der Waals surface area contributed by atoms with Crippen LogP contribution in [0.3, 0.4) is 0 Å². The molecule has 23 heavy (non-hydrogen) atoms. The molecule has 0 N–H and O–H groups in total. The highest BCUT2D eigenvalue weighted by Gasteiger charge is 2.14. The van der Waals surface area contributed by atoms with Gasteiger partial charge in [0.2, 0.25) is 5.95 Å². The summed E-state index contributed by atoms with van der Waals surface area (Å²) in [4.78, 5) is 9.50. The summed E-state index contributed by atoms with van der Waals surface area (Å²) in [7, 11) is 0. The molecule has 2 heterocycles. The van der Waals surface area contributed by atoms with Crippen LogP contribution in [0.1, 0.15) is 17.2 Å². The Labute approximate surface area is 135 Å². The minimum Gasteiger partial charge on any atom is -0.293 e. The van der Waals surface area contributed by atoms with Gasteiger partial charge in [-0.3, -0.25) is 4.57 Å². The van der Waals surface area contributed by atoms with E-state index in [9.17, 15) is 0 Å². The number of allylic oxidation sites excluding steroid dienone is 4. The Kier molecular flexibility index (Phi) is 3.39. The molecular formula is C20H17N3. The number of benzene rings is 1. The molecule has 0 unspecified atom stereocenters. The SMILES string of the molecule is Cc1ccc(-c2cc(C3C=CC=C3)nc(-n3cccc3)n2)cc1. The first-order valence-corrected chi connectivity index (χ1v) is 7.74. The molecule has 1 aliphatic carbocycles. The van der Waals surface area contributed by atoms with Crippen LogP contribution in [0.2, 0.25) is 0 Å². The number of hydrogen-bond donors (Lipinski definition) is 0. The molecule has 0 atom stereocenters. The number of nitrogens with zero attached hydrogens (tertiary/aromatic N) is 3. The van der Waals surface area contributed by atoms with Crippen LogP contribution in [-0.4, -0.2) is 14.5 Å². The molecule has 0 saturated heterocycles. The summed E-state index contributed by atoms with van der Waals surface area (Å²) in [5.41, 5.74) is 4.32. The van der Waals surface area contributed by atoms with Crippen molar-refractivity contribution in [2.24, 2.45) is 0 Å². The third kappa shape index (κ3) is 2.73. The minimum atomic E-state index is 0.219. The Balaban J connectivity index is 1.86. The van der Waals surface area contributed by atoms with Crippen molar-refractivity contribution in [1.82, 2.24) is 14.5 Å². The van der Waals surface area contributed by atoms with Gasteiger partial charge < -0.3 is 0 Å². The molecule has 0 fully saturated rings. The van der Waals surface area contributed by atoms with Crippen molar-refractivity contribution in [3.05, 3.63) is 90.4 Å². The van der Waals surface area contributed by atoms with Gasteiger partial charge >= 0.3 is 0 Å². The number of aromatic nitrogens is 3. The number of rotatable bonds is 3. The van der Waals surface area contributed by atoms with E-state index in [1.165, 1.54) is 5.56 Å². The lowest BCUT2D eigenvalue weighted by molar-refractivity contribution is 0.886. The van der Waals surface area contributed by atoms with E-state index in [-0.39, 0.29) is 5.92 Å². The van der Waals surface area contributed by atoms with Crippen LogP contribution in [0.15, 0.2) is 79.2 Å². The van der Waals surface area contributed by atoms with Gasteiger partial charge in [0.15, 0.2) is 0 Å². The van der Waals surface area contributed by atoms with Gasteiger partial charge in [-0.15, -0.1) is 0 Å². The summed E-state index contributed by atoms with van der Waals surface area (Å²) in [5.74, 6) is 0.924. The smallest absolute Gasteiger partial charge is 0.234 e. The lowest BCUT2D eigenvalue weighted by atomic mass is 10.0. The Morgan fingerprint density at radius 3 is 2.30 bits per heavy atom. The average Bonchev–Trinajstić information content (AvgIpc) is 3.29. The van der Waals surface area contributed by atoms with E-state index in [2.05, 4.69) is 61.6 Å². The maximum atomic E-state index is 4.75. The molecule has 0 aliphatic heterocycles. The van der Waals surface area contributed by atoms with Gasteiger partial charge in [0.05, 0.1) is 11.4 Å². The second kappa shape index (κ2) is 5.69. The molecule has 0 bridgehead atoms. The summed E-state index contributed by atoms with van der Waals surface area (Å²) >= 11 is 0. The highest BCUT2D eigenvalue weighted by Crippen LogP contribution is 2.26. The predicted octanol–water partition coefficient (Wildman–Crippen LogP) is 4.45. The third-order valence-corrected chi connectivity index (χ3v) is 4.01. The summed E-state index contributed by atoms with van der Waals surface area (Å²) in [6.45, 7) is 2.09. The van der Waals surface area contributed by atoms with Crippen molar-refractivity contribution in [3.8, 4) is 17.2 Å². The molecule has 112 valence electrons. The fourth-order valence-electron chi connectivity index (χ4n) is 2.71. The molecule has 0 amide bonds. The minimum absolute atomic E-state index is 0.219. The van der Waals surface area contributed by atoms with Crippen molar-refractivity contribution in [2.75, 3.05) is 0 Å². The topological polar surface area (TPSA) is 30.7 Å². The summed E-state index contributed by atoms with van der Waals surface area (Å²) in [5, 5.41) is 0. The van der Waals surface area contributed by atoms with Gasteiger partial charge in [0.25, 0.3) is 0 Å². The first-order chi connectivity index (χ1) is 11.3. The van der Waals surface area contributed by atoms with Crippen LogP contribution in [0.25, 0.3) is 17.2 Å². The molecule has 0 saturated carbocycles. The summed E-state index contributed by atoms with van der Waals surface area (Å²) in [6, 6.07) is 14.5. The number of aryl methyl sites for hydroxylation is 1. The largest absolute Gasteiger partial charge is 0.293 e. The van der Waals surface area contributed by atoms with E-state index in [4.69, 9.17) is 9.97 Å². The fourth-order valence-corrected chi connectivity index (χ4v) is 2.71. The van der Waals surface area contributed by atoms with Crippen molar-refractivity contribution < 1.29 is 0 Å². The van der Waals surface area contributed by atoms with Gasteiger partial charge in [-0.05, 0) is 25.1 Å². The molecule has 2 aromatic heterocycles. The van der Waals surface area contributed by atoms with Crippen molar-refractivity contribution in [3.63, 3.8) is 0 Å². The van der Waals surface area contributed by atoms with Crippen LogP contribution in [0, 0.1) is 6.92 Å². The molecule has 1 aliphatic rings. The zero-order valence-electron chi connectivity index (χ0n) is 12.9. The zero-order valence-corrected chi connectivity index (χ0v) is 12.9. The molecule has 3 heteroatoms. The quantitative estimate of drug-likeness (QED) is 0.715. The second-order valence-corrected chi connectivity index (χ2v) is 5.73. The van der Waals surface area contributed by atoms with E-state index in [0.717, 1.165) is 17.0 Å². The predicted molar refractivity (Wildman–Crippen MR) is 92.6 cm³/mol. The van der Waals surface area contributed by atoms with Crippen LogP contribution in [-0.2, 0) is 0 Å². The van der Waals surface area contributed by atoms with Gasteiger partial charge in [0.1, 0.15) is 0 Å². The Hall–Kier alpha value is -2.94. The van der Waals surface area contributed by atoms with Crippen LogP contribution in [0.5, 0.6) is 0 Å². The molecule has 1 aromatic carbocycles. The maximum absolute atomic E-state index is 4.75. The van der Waals surface area contributed by atoms with Gasteiger partial charge in [-0.1, -0.05) is 54.1 Å². The van der Waals surface area contributed by atoms with E-state index in [0.29, 0.717) is 5.95 Å². The van der Waals surface area contributed by atoms with E-state index in [1.807, 2.05) is 29.1 Å². The van der Waals surface area contributed by atoms with Crippen LogP contribution >= 0.6 is 0 Å². The third-order valence-electron chi connectivity index (χ3n) is 4.01. The summed E-state index contributed by atoms with van der Waals surface area (Å²) < 4.78 is 1.95. The van der Waals surface area contributed by atoms with Crippen LogP contribution < -0.4 is 0 Å². The molecular weight excluding hydrogens is 282 g/mol. The highest BCUT2D eigenvalue weighted by atomic mass is 15.1. The molecule has 4 rings (SSSR count). The lowest BCUT2D eigenvalue weighted by Crippen LogP contribution is -2.05. The van der Waals surface area contributed by atoms with E-state index < -0.39 is 0 Å². The van der Waals surface area contributed by atoms with Gasteiger partial charge in [0, 0.05) is 23.9 Å².